The van der Waals surface area contributed by atoms with E-state index in [0.29, 0.717) is 30.1 Å². The number of hydrogen-bond donors (Lipinski definition) is 2. The third-order valence-corrected chi connectivity index (χ3v) is 5.35. The van der Waals surface area contributed by atoms with E-state index < -0.39 is 17.5 Å². The Hall–Kier alpha value is -3.14. The maximum atomic E-state index is 12.9. The third-order valence-electron chi connectivity index (χ3n) is 5.16. The number of nitrogens with two attached hydrogens (primary N) is 1. The highest BCUT2D eigenvalue weighted by molar-refractivity contribution is 6.29. The molecule has 9 nitrogen and oxygen atoms in total. The molecular weight excluding hydrogens is 448 g/mol. The summed E-state index contributed by atoms with van der Waals surface area (Å²) >= 11 is 6.04. The van der Waals surface area contributed by atoms with Crippen LogP contribution >= 0.6 is 11.6 Å². The van der Waals surface area contributed by atoms with Gasteiger partial charge in [-0.05, 0) is 48.2 Å². The molecule has 2 aromatic heterocycles. The molecule has 33 heavy (non-hydrogen) atoms. The van der Waals surface area contributed by atoms with E-state index in [9.17, 15) is 9.59 Å². The van der Waals surface area contributed by atoms with E-state index in [0.717, 1.165) is 11.1 Å². The molecular formula is C23H25ClN4O5. The van der Waals surface area contributed by atoms with Crippen LogP contribution in [0, 0.1) is 6.92 Å². The third kappa shape index (κ3) is 5.11. The lowest BCUT2D eigenvalue weighted by Gasteiger charge is -2.19. The Morgan fingerprint density at radius 1 is 1.21 bits per heavy atom. The maximum Gasteiger partial charge on any atom is 0.331 e. The molecule has 0 atom stereocenters. The van der Waals surface area contributed by atoms with Gasteiger partial charge in [-0.15, -0.1) is 0 Å². The number of aryl methyl sites for hydroxylation is 1. The first-order chi connectivity index (χ1) is 15.7. The van der Waals surface area contributed by atoms with Crippen LogP contribution in [0.3, 0.4) is 0 Å². The Bertz CT molecular complexity index is 1270. The van der Waals surface area contributed by atoms with Crippen molar-refractivity contribution in [1.29, 1.82) is 0 Å². The van der Waals surface area contributed by atoms with Gasteiger partial charge in [0.15, 0.2) is 6.29 Å². The molecule has 1 aliphatic rings. The molecule has 0 bridgehead atoms. The van der Waals surface area contributed by atoms with Gasteiger partial charge in [0.25, 0.3) is 5.56 Å². The fraction of sp³-hybridized carbons (Fsp3) is 0.348. The van der Waals surface area contributed by atoms with Crippen LogP contribution in [-0.2, 0) is 16.0 Å². The van der Waals surface area contributed by atoms with Crippen molar-refractivity contribution in [3.05, 3.63) is 78.6 Å². The Morgan fingerprint density at radius 3 is 2.61 bits per heavy atom. The number of nitrogen functional groups attached to an aromatic ring is 1. The predicted octanol–water partition coefficient (Wildman–Crippen LogP) is 3.49. The smallest absolute Gasteiger partial charge is 0.331 e. The lowest BCUT2D eigenvalue weighted by molar-refractivity contribution is -0.0442. The Kier molecular flexibility index (Phi) is 6.55. The number of benzene rings is 1. The Balaban J connectivity index is 1.82. The molecule has 0 unspecified atom stereocenters. The number of rotatable bonds is 6. The quantitative estimate of drug-likeness (QED) is 0.526. The topological polar surface area (TPSA) is 121 Å². The monoisotopic (exact) mass is 472 g/mol. The summed E-state index contributed by atoms with van der Waals surface area (Å²) in [7, 11) is 0. The van der Waals surface area contributed by atoms with E-state index in [4.69, 9.17) is 31.5 Å². The predicted molar refractivity (Wildman–Crippen MR) is 124 cm³/mol. The molecule has 0 spiro atoms. The number of ether oxygens (including phenoxy) is 3. The molecule has 1 fully saturated rings. The summed E-state index contributed by atoms with van der Waals surface area (Å²) < 4.78 is 18.8. The highest BCUT2D eigenvalue weighted by Gasteiger charge is 2.23. The SMILES string of the molecule is Cc1cc(Oc2c(C(C)C)c(=O)[nH]c(=O)n2Cc2cc(N)nc(Cl)c2)cc(C2OCCO2)c1. The Morgan fingerprint density at radius 2 is 1.94 bits per heavy atom. The number of anilines is 1. The zero-order valence-electron chi connectivity index (χ0n) is 18.6. The second-order valence-electron chi connectivity index (χ2n) is 8.20. The fourth-order valence-corrected chi connectivity index (χ4v) is 4.05. The molecule has 3 N–H and O–H groups in total. The van der Waals surface area contributed by atoms with Crippen LogP contribution in [0.5, 0.6) is 11.6 Å². The largest absolute Gasteiger partial charge is 0.440 e. The van der Waals surface area contributed by atoms with Crippen molar-refractivity contribution < 1.29 is 14.2 Å². The molecule has 0 aliphatic carbocycles. The summed E-state index contributed by atoms with van der Waals surface area (Å²) in [5, 5.41) is 0.203. The lowest BCUT2D eigenvalue weighted by Crippen LogP contribution is -2.34. The number of H-pyrrole nitrogens is 1. The zero-order chi connectivity index (χ0) is 23.7. The second-order valence-corrected chi connectivity index (χ2v) is 8.58. The number of nitrogens with one attached hydrogen (secondary N) is 1. The summed E-state index contributed by atoms with van der Waals surface area (Å²) in [5.41, 5.74) is 7.40. The minimum atomic E-state index is -0.610. The highest BCUT2D eigenvalue weighted by Crippen LogP contribution is 2.32. The summed E-state index contributed by atoms with van der Waals surface area (Å²) in [5.74, 6) is 0.612. The van der Waals surface area contributed by atoms with Gasteiger partial charge in [0.2, 0.25) is 5.88 Å². The van der Waals surface area contributed by atoms with E-state index >= 15 is 0 Å². The molecule has 10 heteroatoms. The molecule has 1 aromatic carbocycles. The Labute approximate surface area is 195 Å². The van der Waals surface area contributed by atoms with Crippen LogP contribution in [0.1, 0.15) is 48.3 Å². The van der Waals surface area contributed by atoms with E-state index in [2.05, 4.69) is 9.97 Å². The van der Waals surface area contributed by atoms with Crippen LogP contribution in [0.15, 0.2) is 39.9 Å². The van der Waals surface area contributed by atoms with E-state index in [1.165, 1.54) is 4.57 Å². The van der Waals surface area contributed by atoms with Crippen LogP contribution < -0.4 is 21.7 Å². The van der Waals surface area contributed by atoms with Gasteiger partial charge in [0.05, 0.1) is 25.3 Å². The second kappa shape index (κ2) is 9.38. The normalized spacial score (nSPS) is 14.2. The number of halogens is 1. The first kappa shape index (κ1) is 23.0. The molecule has 3 heterocycles. The van der Waals surface area contributed by atoms with Crippen molar-refractivity contribution in [3.8, 4) is 11.6 Å². The van der Waals surface area contributed by atoms with Gasteiger partial charge in [-0.2, -0.15) is 0 Å². The lowest BCUT2D eigenvalue weighted by atomic mass is 10.1. The van der Waals surface area contributed by atoms with Crippen molar-refractivity contribution in [2.45, 2.75) is 39.5 Å². The van der Waals surface area contributed by atoms with Crippen molar-refractivity contribution in [3.63, 3.8) is 0 Å². The molecule has 0 saturated carbocycles. The number of nitrogens with zero attached hydrogens (tertiary/aromatic N) is 2. The molecule has 174 valence electrons. The van der Waals surface area contributed by atoms with Crippen LogP contribution in [0.2, 0.25) is 5.15 Å². The van der Waals surface area contributed by atoms with E-state index in [1.807, 2.05) is 32.9 Å². The number of aromatic nitrogens is 3. The van der Waals surface area contributed by atoms with Gasteiger partial charge in [0, 0.05) is 5.56 Å². The summed E-state index contributed by atoms with van der Waals surface area (Å²) in [6.45, 7) is 6.73. The van der Waals surface area contributed by atoms with Crippen LogP contribution in [0.4, 0.5) is 5.82 Å². The average Bonchev–Trinajstić information content (AvgIpc) is 3.24. The number of pyridine rings is 1. The minimum absolute atomic E-state index is 0.0740. The van der Waals surface area contributed by atoms with Gasteiger partial charge in [-0.1, -0.05) is 31.5 Å². The molecule has 4 rings (SSSR count). The van der Waals surface area contributed by atoms with Gasteiger partial charge in [0.1, 0.15) is 16.7 Å². The van der Waals surface area contributed by atoms with Crippen molar-refractivity contribution in [2.75, 3.05) is 18.9 Å². The van der Waals surface area contributed by atoms with Crippen LogP contribution in [0.25, 0.3) is 0 Å². The van der Waals surface area contributed by atoms with Gasteiger partial charge in [-0.25, -0.2) is 9.78 Å². The van der Waals surface area contributed by atoms with Gasteiger partial charge >= 0.3 is 5.69 Å². The number of hydrogen-bond acceptors (Lipinski definition) is 7. The van der Waals surface area contributed by atoms with Crippen molar-refractivity contribution >= 4 is 17.4 Å². The average molecular weight is 473 g/mol. The summed E-state index contributed by atoms with van der Waals surface area (Å²) in [6.07, 6.45) is -0.486. The molecule has 1 aliphatic heterocycles. The molecule has 3 aromatic rings. The fourth-order valence-electron chi connectivity index (χ4n) is 3.81. The molecule has 0 radical (unpaired) electrons. The van der Waals surface area contributed by atoms with Gasteiger partial charge < -0.3 is 19.9 Å². The molecule has 1 saturated heterocycles. The standard InChI is InChI=1S/C23H25ClN4O5/c1-12(2)19-20(29)27-23(30)28(11-14-8-17(24)26-18(25)9-14)21(19)33-16-7-13(3)6-15(10-16)22-31-4-5-32-22/h6-10,12,22H,4-5,11H2,1-3H3,(H2,25,26)(H,27,29,30). The highest BCUT2D eigenvalue weighted by atomic mass is 35.5. The first-order valence-corrected chi connectivity index (χ1v) is 10.9. The van der Waals surface area contributed by atoms with Crippen molar-refractivity contribution in [2.24, 2.45) is 0 Å². The first-order valence-electron chi connectivity index (χ1n) is 10.5. The molecule has 0 amide bonds. The van der Waals surface area contributed by atoms with Crippen molar-refractivity contribution in [1.82, 2.24) is 14.5 Å². The zero-order valence-corrected chi connectivity index (χ0v) is 19.3. The maximum absolute atomic E-state index is 12.9. The van der Waals surface area contributed by atoms with E-state index in [1.54, 1.807) is 18.2 Å². The van der Waals surface area contributed by atoms with Crippen LogP contribution in [-0.4, -0.2) is 27.7 Å². The van der Waals surface area contributed by atoms with E-state index in [-0.39, 0.29) is 29.3 Å². The summed E-state index contributed by atoms with van der Waals surface area (Å²) in [4.78, 5) is 31.9. The number of aromatic amines is 1. The minimum Gasteiger partial charge on any atom is -0.440 e. The van der Waals surface area contributed by atoms with Gasteiger partial charge in [-0.3, -0.25) is 14.3 Å². The summed E-state index contributed by atoms with van der Waals surface area (Å²) in [6, 6.07) is 8.76.